The number of hydrogen-bond donors (Lipinski definition) is 1. The van der Waals surface area contributed by atoms with Crippen LogP contribution in [0.25, 0.3) is 11.0 Å². The summed E-state index contributed by atoms with van der Waals surface area (Å²) in [6, 6.07) is 5.86. The van der Waals surface area contributed by atoms with Crippen LogP contribution in [0.15, 0.2) is 27.4 Å². The van der Waals surface area contributed by atoms with Gasteiger partial charge in [0.15, 0.2) is 0 Å². The molecule has 19 heavy (non-hydrogen) atoms. The Bertz CT molecular complexity index is 670. The molecule has 4 heteroatoms. The molecule has 4 nitrogen and oxygen atoms in total. The predicted molar refractivity (Wildman–Crippen MR) is 77.0 cm³/mol. The molecule has 0 saturated carbocycles. The fraction of sp³-hybridized carbons (Fsp3) is 0.400. The molecule has 2 heterocycles. The molecule has 1 saturated heterocycles. The molecule has 0 bridgehead atoms. The average Bonchev–Trinajstić information content (AvgIpc) is 2.42. The Morgan fingerprint density at radius 3 is 2.68 bits per heavy atom. The summed E-state index contributed by atoms with van der Waals surface area (Å²) in [6.07, 6.45) is 0. The third-order valence-corrected chi connectivity index (χ3v) is 3.77. The number of anilines is 1. The molecule has 0 spiro atoms. The lowest BCUT2D eigenvalue weighted by molar-refractivity contribution is 0.548. The lowest BCUT2D eigenvalue weighted by Crippen LogP contribution is -2.44. The molecule has 0 amide bonds. The van der Waals surface area contributed by atoms with Gasteiger partial charge in [0.1, 0.15) is 5.58 Å². The Labute approximate surface area is 112 Å². The van der Waals surface area contributed by atoms with Crippen LogP contribution in [0.5, 0.6) is 0 Å². The summed E-state index contributed by atoms with van der Waals surface area (Å²) in [5.41, 5.74) is 3.36. The van der Waals surface area contributed by atoms with Gasteiger partial charge in [0.05, 0.1) is 11.3 Å². The minimum absolute atomic E-state index is 0.230. The van der Waals surface area contributed by atoms with E-state index in [0.717, 1.165) is 42.8 Å². The second-order valence-electron chi connectivity index (χ2n) is 5.05. The summed E-state index contributed by atoms with van der Waals surface area (Å²) in [7, 11) is 0. The number of hydrogen-bond acceptors (Lipinski definition) is 4. The lowest BCUT2D eigenvalue weighted by atomic mass is 10.0. The molecule has 100 valence electrons. The Kier molecular flexibility index (Phi) is 3.03. The second kappa shape index (κ2) is 4.70. The zero-order valence-electron chi connectivity index (χ0n) is 11.3. The van der Waals surface area contributed by atoms with Crippen molar-refractivity contribution in [3.8, 4) is 0 Å². The molecule has 1 N–H and O–H groups in total. The first-order valence-corrected chi connectivity index (χ1v) is 6.67. The minimum atomic E-state index is -0.230. The lowest BCUT2D eigenvalue weighted by Gasteiger charge is -2.31. The van der Waals surface area contributed by atoms with Gasteiger partial charge >= 0.3 is 5.63 Å². The molecule has 1 aliphatic rings. The average molecular weight is 258 g/mol. The van der Waals surface area contributed by atoms with Gasteiger partial charge in [0.2, 0.25) is 0 Å². The fourth-order valence-corrected chi connectivity index (χ4v) is 2.77. The standard InChI is InChI=1S/C15H18N2O2/c1-10-4-3-5-12-13(10)14(11(2)15(18)19-12)17-8-6-16-7-9-17/h3-5,16H,6-9H2,1-2H3. The van der Waals surface area contributed by atoms with E-state index in [0.29, 0.717) is 11.1 Å². The van der Waals surface area contributed by atoms with Crippen LogP contribution in [-0.4, -0.2) is 26.2 Å². The van der Waals surface area contributed by atoms with Crippen molar-refractivity contribution in [2.24, 2.45) is 0 Å². The highest BCUT2D eigenvalue weighted by Gasteiger charge is 2.19. The number of benzene rings is 1. The van der Waals surface area contributed by atoms with Gasteiger partial charge in [0, 0.05) is 31.6 Å². The van der Waals surface area contributed by atoms with Gasteiger partial charge in [-0.05, 0) is 25.5 Å². The number of nitrogens with one attached hydrogen (secondary N) is 1. The van der Waals surface area contributed by atoms with E-state index in [9.17, 15) is 4.79 Å². The van der Waals surface area contributed by atoms with Crippen LogP contribution in [0.2, 0.25) is 0 Å². The first-order valence-electron chi connectivity index (χ1n) is 6.67. The van der Waals surface area contributed by atoms with Crippen molar-refractivity contribution in [3.63, 3.8) is 0 Å². The van der Waals surface area contributed by atoms with Gasteiger partial charge in [-0.3, -0.25) is 0 Å². The SMILES string of the molecule is Cc1c(N2CCNCC2)c2c(C)cccc2oc1=O. The van der Waals surface area contributed by atoms with Gasteiger partial charge in [-0.15, -0.1) is 0 Å². The zero-order valence-corrected chi connectivity index (χ0v) is 11.3. The molecule has 1 fully saturated rings. The summed E-state index contributed by atoms with van der Waals surface area (Å²) in [4.78, 5) is 14.3. The summed E-state index contributed by atoms with van der Waals surface area (Å²) in [5, 5.41) is 4.41. The summed E-state index contributed by atoms with van der Waals surface area (Å²) in [6.45, 7) is 7.67. The van der Waals surface area contributed by atoms with E-state index < -0.39 is 0 Å². The first kappa shape index (κ1) is 12.2. The fourth-order valence-electron chi connectivity index (χ4n) is 2.77. The van der Waals surface area contributed by atoms with Crippen molar-refractivity contribution in [1.29, 1.82) is 0 Å². The molecule has 3 rings (SSSR count). The molecule has 0 aliphatic carbocycles. The van der Waals surface area contributed by atoms with Crippen molar-refractivity contribution >= 4 is 16.7 Å². The summed E-state index contributed by atoms with van der Waals surface area (Å²) >= 11 is 0. The van der Waals surface area contributed by atoms with Crippen LogP contribution < -0.4 is 15.8 Å². The van der Waals surface area contributed by atoms with Crippen molar-refractivity contribution in [2.75, 3.05) is 31.1 Å². The molecule has 0 atom stereocenters. The van der Waals surface area contributed by atoms with Crippen LogP contribution >= 0.6 is 0 Å². The number of aryl methyl sites for hydroxylation is 1. The monoisotopic (exact) mass is 258 g/mol. The Hall–Kier alpha value is -1.81. The van der Waals surface area contributed by atoms with Gasteiger partial charge in [-0.2, -0.15) is 0 Å². The normalized spacial score (nSPS) is 16.0. The van der Waals surface area contributed by atoms with Gasteiger partial charge in [-0.25, -0.2) is 4.79 Å². The van der Waals surface area contributed by atoms with Gasteiger partial charge < -0.3 is 14.6 Å². The first-order chi connectivity index (χ1) is 9.18. The zero-order chi connectivity index (χ0) is 13.4. The van der Waals surface area contributed by atoms with Crippen molar-refractivity contribution in [3.05, 3.63) is 39.7 Å². The smallest absolute Gasteiger partial charge is 0.341 e. The number of rotatable bonds is 1. The van der Waals surface area contributed by atoms with E-state index >= 15 is 0 Å². The van der Waals surface area contributed by atoms with Crippen LogP contribution in [0.1, 0.15) is 11.1 Å². The van der Waals surface area contributed by atoms with E-state index in [4.69, 9.17) is 4.42 Å². The van der Waals surface area contributed by atoms with E-state index in [1.807, 2.05) is 19.1 Å². The highest BCUT2D eigenvalue weighted by atomic mass is 16.4. The van der Waals surface area contributed by atoms with Crippen LogP contribution in [-0.2, 0) is 0 Å². The minimum Gasteiger partial charge on any atom is -0.422 e. The molecular formula is C15H18N2O2. The Morgan fingerprint density at radius 1 is 1.21 bits per heavy atom. The molecule has 0 unspecified atom stereocenters. The van der Waals surface area contributed by atoms with Gasteiger partial charge in [0.25, 0.3) is 0 Å². The molecule has 2 aromatic rings. The second-order valence-corrected chi connectivity index (χ2v) is 5.05. The molecule has 1 aliphatic heterocycles. The van der Waals surface area contributed by atoms with Crippen molar-refractivity contribution in [2.45, 2.75) is 13.8 Å². The van der Waals surface area contributed by atoms with Crippen LogP contribution in [0.4, 0.5) is 5.69 Å². The quantitative estimate of drug-likeness (QED) is 0.793. The Morgan fingerprint density at radius 2 is 1.95 bits per heavy atom. The predicted octanol–water partition coefficient (Wildman–Crippen LogP) is 1.82. The number of piperazine rings is 1. The topological polar surface area (TPSA) is 45.5 Å². The third-order valence-electron chi connectivity index (χ3n) is 3.77. The molecular weight excluding hydrogens is 240 g/mol. The van der Waals surface area contributed by atoms with Gasteiger partial charge in [-0.1, -0.05) is 12.1 Å². The Balaban J connectivity index is 2.31. The maximum absolute atomic E-state index is 12.0. The van der Waals surface area contributed by atoms with E-state index in [2.05, 4.69) is 23.2 Å². The summed E-state index contributed by atoms with van der Waals surface area (Å²) < 4.78 is 5.41. The number of fused-ring (bicyclic) bond motifs is 1. The van der Waals surface area contributed by atoms with E-state index in [1.54, 1.807) is 0 Å². The molecule has 1 aromatic carbocycles. The largest absolute Gasteiger partial charge is 0.422 e. The molecule has 0 radical (unpaired) electrons. The van der Waals surface area contributed by atoms with E-state index in [1.165, 1.54) is 0 Å². The summed E-state index contributed by atoms with van der Waals surface area (Å²) in [5.74, 6) is 0. The van der Waals surface area contributed by atoms with Crippen molar-refractivity contribution < 1.29 is 4.42 Å². The number of nitrogens with zero attached hydrogens (tertiary/aromatic N) is 1. The third kappa shape index (κ3) is 2.02. The highest BCUT2D eigenvalue weighted by molar-refractivity contribution is 5.94. The maximum atomic E-state index is 12.0. The van der Waals surface area contributed by atoms with Crippen LogP contribution in [0, 0.1) is 13.8 Å². The molecule has 1 aromatic heterocycles. The highest BCUT2D eigenvalue weighted by Crippen LogP contribution is 2.31. The van der Waals surface area contributed by atoms with Crippen molar-refractivity contribution in [1.82, 2.24) is 5.32 Å². The van der Waals surface area contributed by atoms with Crippen LogP contribution in [0.3, 0.4) is 0 Å². The van der Waals surface area contributed by atoms with E-state index in [-0.39, 0.29) is 5.63 Å². The maximum Gasteiger partial charge on any atom is 0.341 e.